The van der Waals surface area contributed by atoms with Crippen LogP contribution in [0, 0.1) is 0 Å². The summed E-state index contributed by atoms with van der Waals surface area (Å²) in [5.41, 5.74) is 0. The maximum atomic E-state index is 15.4. The molecule has 0 aliphatic heterocycles. The van der Waals surface area contributed by atoms with Crippen molar-refractivity contribution < 1.29 is 8.78 Å². The molecule has 0 nitrogen and oxygen atoms in total. The first-order valence-electron chi connectivity index (χ1n) is 14.2. The predicted octanol–water partition coefficient (Wildman–Crippen LogP) is 11.6. The van der Waals surface area contributed by atoms with Crippen molar-refractivity contribution in [1.82, 2.24) is 0 Å². The Kier molecular flexibility index (Phi) is 20.3. The average Bonchev–Trinajstić information content (AvgIpc) is 2.79. The Morgan fingerprint density at radius 1 is 0.562 bits per heavy atom. The van der Waals surface area contributed by atoms with Crippen molar-refractivity contribution >= 4 is 52.7 Å². The first kappa shape index (κ1) is 33.9. The molecule has 5 heteroatoms. The fourth-order valence-corrected chi connectivity index (χ4v) is 61.8. The van der Waals surface area contributed by atoms with Gasteiger partial charge in [-0.1, -0.05) is 0 Å². The number of rotatable bonds is 22. The van der Waals surface area contributed by atoms with E-state index >= 15 is 8.78 Å². The van der Waals surface area contributed by atoms with Crippen LogP contribution in [-0.2, 0) is 0 Å². The SMILES string of the molecule is CCC[CH2][Sn]([CH2]CCC)([CH2]CCC)[CH2][C](Br)(C(F)F)[Sn]([CH2]CCC)([CH2]CCC)[CH2]CCC. The molecule has 0 fully saturated rings. The Labute approximate surface area is 218 Å². The summed E-state index contributed by atoms with van der Waals surface area (Å²) in [4.78, 5) is 0. The van der Waals surface area contributed by atoms with E-state index in [0.717, 1.165) is 23.7 Å². The molecule has 0 radical (unpaired) electrons. The zero-order valence-corrected chi connectivity index (χ0v) is 29.9. The van der Waals surface area contributed by atoms with E-state index in [-0.39, 0.29) is 0 Å². The molecule has 0 aliphatic carbocycles. The Balaban J connectivity index is 6.46. The maximum absolute atomic E-state index is 15.4. The molecule has 1 atom stereocenters. The van der Waals surface area contributed by atoms with Crippen LogP contribution in [0.5, 0.6) is 0 Å². The van der Waals surface area contributed by atoms with Crippen molar-refractivity contribution in [3.05, 3.63) is 0 Å². The number of alkyl halides is 3. The predicted molar refractivity (Wildman–Crippen MR) is 152 cm³/mol. The van der Waals surface area contributed by atoms with E-state index in [9.17, 15) is 0 Å². The van der Waals surface area contributed by atoms with Crippen LogP contribution in [0.15, 0.2) is 0 Å². The van der Waals surface area contributed by atoms with Crippen molar-refractivity contribution in [2.24, 2.45) is 0 Å². The monoisotopic (exact) mass is 738 g/mol. The summed E-state index contributed by atoms with van der Waals surface area (Å²) in [5, 5.41) is 0. The van der Waals surface area contributed by atoms with Crippen LogP contribution in [0.2, 0.25) is 31.1 Å². The zero-order valence-electron chi connectivity index (χ0n) is 22.6. The van der Waals surface area contributed by atoms with Gasteiger partial charge in [0.25, 0.3) is 0 Å². The second-order valence-electron chi connectivity index (χ2n) is 10.7. The van der Waals surface area contributed by atoms with E-state index in [2.05, 4.69) is 57.5 Å². The zero-order chi connectivity index (χ0) is 24.5. The normalized spacial score (nSPS) is 14.8. The van der Waals surface area contributed by atoms with Gasteiger partial charge in [-0.25, -0.2) is 0 Å². The average molecular weight is 737 g/mol. The molecule has 0 N–H and O–H groups in total. The van der Waals surface area contributed by atoms with Gasteiger partial charge in [0.1, 0.15) is 0 Å². The summed E-state index contributed by atoms with van der Waals surface area (Å²) in [6.07, 6.45) is 12.3. The molecule has 194 valence electrons. The van der Waals surface area contributed by atoms with Crippen LogP contribution in [0.1, 0.15) is 119 Å². The van der Waals surface area contributed by atoms with Crippen molar-refractivity contribution in [2.45, 2.75) is 158 Å². The van der Waals surface area contributed by atoms with Crippen LogP contribution in [0.25, 0.3) is 0 Å². The van der Waals surface area contributed by atoms with E-state index in [1.165, 1.54) is 84.4 Å². The van der Waals surface area contributed by atoms with Gasteiger partial charge in [-0.2, -0.15) is 0 Å². The van der Waals surface area contributed by atoms with E-state index in [1.807, 2.05) is 0 Å². The third-order valence-electron chi connectivity index (χ3n) is 8.07. The molecule has 1 unspecified atom stereocenters. The Bertz CT molecular complexity index is 404. The van der Waals surface area contributed by atoms with Gasteiger partial charge in [0.2, 0.25) is 0 Å². The number of hydrogen-bond donors (Lipinski definition) is 0. The second-order valence-corrected chi connectivity index (χ2v) is 42.2. The Morgan fingerprint density at radius 2 is 0.844 bits per heavy atom. The van der Waals surface area contributed by atoms with Crippen molar-refractivity contribution in [3.63, 3.8) is 0 Å². The van der Waals surface area contributed by atoms with Gasteiger partial charge in [-0.15, -0.1) is 0 Å². The molecule has 0 aliphatic rings. The van der Waals surface area contributed by atoms with Gasteiger partial charge in [0.15, 0.2) is 0 Å². The minimum atomic E-state index is -3.17. The number of hydrogen-bond acceptors (Lipinski definition) is 0. The molecular weight excluding hydrogens is 680 g/mol. The van der Waals surface area contributed by atoms with Crippen LogP contribution in [0.3, 0.4) is 0 Å². The first-order valence-corrected chi connectivity index (χ1v) is 30.6. The Morgan fingerprint density at radius 3 is 1.09 bits per heavy atom. The van der Waals surface area contributed by atoms with Gasteiger partial charge in [0, 0.05) is 0 Å². The first-order chi connectivity index (χ1) is 15.3. The third-order valence-corrected chi connectivity index (χ3v) is 51.9. The minimum absolute atomic E-state index is 0.771. The van der Waals surface area contributed by atoms with Crippen molar-refractivity contribution in [1.29, 1.82) is 0 Å². The Hall–Kier alpha value is 1.94. The topological polar surface area (TPSA) is 0 Å². The van der Waals surface area contributed by atoms with Gasteiger partial charge in [-0.05, 0) is 0 Å². The van der Waals surface area contributed by atoms with Gasteiger partial charge >= 0.3 is 220 Å². The van der Waals surface area contributed by atoms with Gasteiger partial charge in [-0.3, -0.25) is 0 Å². The molecule has 32 heavy (non-hydrogen) atoms. The van der Waals surface area contributed by atoms with Gasteiger partial charge < -0.3 is 0 Å². The van der Waals surface area contributed by atoms with Crippen LogP contribution >= 0.6 is 15.9 Å². The summed E-state index contributed by atoms with van der Waals surface area (Å²) in [6, 6.07) is 0. The molecule has 0 bridgehead atoms. The van der Waals surface area contributed by atoms with E-state index in [0.29, 0.717) is 0 Å². The second kappa shape index (κ2) is 19.1. The standard InChI is InChI=1S/6C4H9.C3H3BrF2.2Sn/c6*1-3-4-2;1-2(4)3(5)6;;/h6*1,3-4H2,2H3;3H,1H2;;. The molecule has 0 aromatic rings. The molecule has 0 heterocycles. The summed E-state index contributed by atoms with van der Waals surface area (Å²) < 4.78 is 38.6. The summed E-state index contributed by atoms with van der Waals surface area (Å²) in [6.45, 7) is 13.6. The van der Waals surface area contributed by atoms with Crippen LogP contribution in [0.4, 0.5) is 8.78 Å². The number of unbranched alkanes of at least 4 members (excludes halogenated alkanes) is 6. The fraction of sp³-hybridized carbons (Fsp3) is 1.00. The molecule has 0 aromatic heterocycles. The van der Waals surface area contributed by atoms with E-state index < -0.39 is 45.5 Å². The van der Waals surface area contributed by atoms with Crippen molar-refractivity contribution in [2.75, 3.05) is 0 Å². The van der Waals surface area contributed by atoms with Crippen molar-refractivity contribution in [3.8, 4) is 0 Å². The van der Waals surface area contributed by atoms with Crippen LogP contribution in [-0.4, -0.2) is 45.5 Å². The quantitative estimate of drug-likeness (QED) is 0.0767. The molecule has 0 saturated carbocycles. The summed E-state index contributed by atoms with van der Waals surface area (Å²) in [7, 11) is 0. The molecular formula is C27H57BrF2Sn2. The third kappa shape index (κ3) is 10.9. The molecule has 0 saturated heterocycles. The molecule has 0 spiro atoms. The summed E-state index contributed by atoms with van der Waals surface area (Å²) >= 11 is -1.81. The molecule has 0 aromatic carbocycles. The molecule has 0 amide bonds. The van der Waals surface area contributed by atoms with E-state index in [1.54, 1.807) is 0 Å². The number of halogens is 3. The summed E-state index contributed by atoms with van der Waals surface area (Å²) in [5.74, 6) is 0. The van der Waals surface area contributed by atoms with Crippen LogP contribution < -0.4 is 0 Å². The fourth-order valence-electron chi connectivity index (χ4n) is 5.88. The van der Waals surface area contributed by atoms with Gasteiger partial charge in [0.05, 0.1) is 0 Å². The molecule has 0 rings (SSSR count). The van der Waals surface area contributed by atoms with E-state index in [4.69, 9.17) is 0 Å².